The molecule has 4 heteroatoms. The maximum Gasteiger partial charge on any atom is 0.138 e. The van der Waals surface area contributed by atoms with Crippen molar-refractivity contribution in [1.82, 2.24) is 9.97 Å². The normalized spacial score (nSPS) is 10.4. The van der Waals surface area contributed by atoms with E-state index in [1.165, 1.54) is 0 Å². The van der Waals surface area contributed by atoms with Gasteiger partial charge in [-0.05, 0) is 24.6 Å². The first-order chi connectivity index (χ1) is 7.81. The fourth-order valence-electron chi connectivity index (χ4n) is 1.41. The molecule has 0 saturated carbocycles. The molecule has 0 aliphatic rings. The number of hydrogen-bond acceptors (Lipinski definition) is 2. The van der Waals surface area contributed by atoms with Gasteiger partial charge in [-0.2, -0.15) is 0 Å². The molecule has 0 unspecified atom stereocenters. The third-order valence-corrected chi connectivity index (χ3v) is 2.86. The topological polar surface area (TPSA) is 37.9 Å². The number of aromatic amines is 1. The van der Waals surface area contributed by atoms with Gasteiger partial charge in [0.1, 0.15) is 11.6 Å². The second kappa shape index (κ2) is 5.16. The molecule has 1 N–H and O–H groups in total. The van der Waals surface area contributed by atoms with Crippen molar-refractivity contribution in [3.63, 3.8) is 0 Å². The number of aromatic nitrogens is 2. The summed E-state index contributed by atoms with van der Waals surface area (Å²) in [4.78, 5) is 7.31. The van der Waals surface area contributed by atoms with Gasteiger partial charge in [0.15, 0.2) is 0 Å². The van der Waals surface area contributed by atoms with E-state index in [4.69, 9.17) is 4.74 Å². The van der Waals surface area contributed by atoms with E-state index in [1.807, 2.05) is 18.2 Å². The van der Waals surface area contributed by atoms with E-state index in [0.29, 0.717) is 0 Å². The monoisotopic (exact) mass is 280 g/mol. The number of halogens is 1. The number of imidazole rings is 1. The van der Waals surface area contributed by atoms with E-state index < -0.39 is 0 Å². The predicted octanol–water partition coefficient (Wildman–Crippen LogP) is 3.63. The van der Waals surface area contributed by atoms with E-state index in [0.717, 1.165) is 34.6 Å². The Bertz CT molecular complexity index is 454. The molecular weight excluding hydrogens is 268 g/mol. The Labute approximate surface area is 103 Å². The minimum absolute atomic E-state index is 0.735. The van der Waals surface area contributed by atoms with Gasteiger partial charge in [-0.15, -0.1) is 0 Å². The van der Waals surface area contributed by atoms with Crippen LogP contribution in [0.3, 0.4) is 0 Å². The fourth-order valence-corrected chi connectivity index (χ4v) is 1.84. The summed E-state index contributed by atoms with van der Waals surface area (Å²) < 4.78 is 6.59. The zero-order valence-corrected chi connectivity index (χ0v) is 10.6. The van der Waals surface area contributed by atoms with Gasteiger partial charge >= 0.3 is 0 Å². The van der Waals surface area contributed by atoms with Gasteiger partial charge in [-0.1, -0.05) is 22.9 Å². The lowest BCUT2D eigenvalue weighted by atomic mass is 10.2. The van der Waals surface area contributed by atoms with Gasteiger partial charge < -0.3 is 9.72 Å². The molecule has 1 aromatic heterocycles. The van der Waals surface area contributed by atoms with Crippen molar-refractivity contribution in [2.75, 3.05) is 6.61 Å². The Morgan fingerprint density at radius 1 is 1.44 bits per heavy atom. The molecule has 16 heavy (non-hydrogen) atoms. The Morgan fingerprint density at radius 3 is 3.00 bits per heavy atom. The molecule has 0 aliphatic carbocycles. The average Bonchev–Trinajstić information content (AvgIpc) is 2.81. The molecular formula is C12H13BrN2O. The van der Waals surface area contributed by atoms with Gasteiger partial charge in [0.2, 0.25) is 0 Å². The standard InChI is InChI=1S/C12H13BrN2O/c1-2-7-16-9-3-4-11(13)10(8-9)12-14-5-6-15-12/h3-6,8H,2,7H2,1H3,(H,14,15). The Kier molecular flexibility index (Phi) is 3.62. The highest BCUT2D eigenvalue weighted by Crippen LogP contribution is 2.29. The van der Waals surface area contributed by atoms with Gasteiger partial charge in [0.05, 0.1) is 6.61 Å². The molecule has 1 aromatic carbocycles. The molecule has 0 spiro atoms. The zero-order valence-electron chi connectivity index (χ0n) is 9.03. The SMILES string of the molecule is CCCOc1ccc(Br)c(-c2ncc[nH]2)c1. The number of benzene rings is 1. The summed E-state index contributed by atoms with van der Waals surface area (Å²) in [6.07, 6.45) is 4.55. The van der Waals surface area contributed by atoms with Crippen LogP contribution in [0.5, 0.6) is 5.75 Å². The van der Waals surface area contributed by atoms with Crippen molar-refractivity contribution < 1.29 is 4.74 Å². The summed E-state index contributed by atoms with van der Waals surface area (Å²) in [6, 6.07) is 5.91. The van der Waals surface area contributed by atoms with Crippen LogP contribution in [0.1, 0.15) is 13.3 Å². The van der Waals surface area contributed by atoms with Crippen molar-refractivity contribution in [3.05, 3.63) is 35.1 Å². The third kappa shape index (κ3) is 2.44. The third-order valence-electron chi connectivity index (χ3n) is 2.16. The van der Waals surface area contributed by atoms with Gasteiger partial charge in [0.25, 0.3) is 0 Å². The quantitative estimate of drug-likeness (QED) is 0.929. The van der Waals surface area contributed by atoms with Crippen LogP contribution in [-0.2, 0) is 0 Å². The number of nitrogens with zero attached hydrogens (tertiary/aromatic N) is 1. The zero-order chi connectivity index (χ0) is 11.4. The molecule has 0 bridgehead atoms. The maximum absolute atomic E-state index is 5.59. The number of nitrogens with one attached hydrogen (secondary N) is 1. The Balaban J connectivity index is 2.30. The lowest BCUT2D eigenvalue weighted by Gasteiger charge is -2.07. The minimum atomic E-state index is 0.735. The van der Waals surface area contributed by atoms with Crippen LogP contribution < -0.4 is 4.74 Å². The van der Waals surface area contributed by atoms with Crippen molar-refractivity contribution in [1.29, 1.82) is 0 Å². The van der Waals surface area contributed by atoms with Crippen molar-refractivity contribution in [2.24, 2.45) is 0 Å². The molecule has 0 saturated heterocycles. The van der Waals surface area contributed by atoms with Crippen molar-refractivity contribution in [3.8, 4) is 17.1 Å². The number of rotatable bonds is 4. The average molecular weight is 281 g/mol. The van der Waals surface area contributed by atoms with Gasteiger partial charge in [-0.25, -0.2) is 4.98 Å². The minimum Gasteiger partial charge on any atom is -0.494 e. The predicted molar refractivity (Wildman–Crippen MR) is 67.5 cm³/mol. The van der Waals surface area contributed by atoms with E-state index in [9.17, 15) is 0 Å². The largest absolute Gasteiger partial charge is 0.494 e. The second-order valence-corrected chi connectivity index (χ2v) is 4.28. The highest BCUT2D eigenvalue weighted by atomic mass is 79.9. The molecule has 1 heterocycles. The Hall–Kier alpha value is -1.29. The highest BCUT2D eigenvalue weighted by molar-refractivity contribution is 9.10. The summed E-state index contributed by atoms with van der Waals surface area (Å²) >= 11 is 3.50. The molecule has 0 aliphatic heterocycles. The highest BCUT2D eigenvalue weighted by Gasteiger charge is 2.06. The summed E-state index contributed by atoms with van der Waals surface area (Å²) in [6.45, 7) is 2.82. The second-order valence-electron chi connectivity index (χ2n) is 3.43. The van der Waals surface area contributed by atoms with Gasteiger partial charge in [0, 0.05) is 22.4 Å². The lowest BCUT2D eigenvalue weighted by Crippen LogP contribution is -1.95. The molecule has 0 atom stereocenters. The maximum atomic E-state index is 5.59. The number of hydrogen-bond donors (Lipinski definition) is 1. The van der Waals surface area contributed by atoms with Crippen LogP contribution in [0, 0.1) is 0 Å². The van der Waals surface area contributed by atoms with E-state index >= 15 is 0 Å². The van der Waals surface area contributed by atoms with E-state index in [1.54, 1.807) is 12.4 Å². The molecule has 84 valence electrons. The van der Waals surface area contributed by atoms with Crippen LogP contribution in [0.2, 0.25) is 0 Å². The van der Waals surface area contributed by atoms with Crippen LogP contribution in [-0.4, -0.2) is 16.6 Å². The first kappa shape index (κ1) is 11.2. The van der Waals surface area contributed by atoms with Crippen LogP contribution in [0.15, 0.2) is 35.1 Å². The summed E-state index contributed by atoms with van der Waals surface area (Å²) in [7, 11) is 0. The Morgan fingerprint density at radius 2 is 2.31 bits per heavy atom. The molecule has 0 radical (unpaired) electrons. The molecule has 2 aromatic rings. The molecule has 0 amide bonds. The molecule has 2 rings (SSSR count). The van der Waals surface area contributed by atoms with Crippen LogP contribution in [0.4, 0.5) is 0 Å². The first-order valence-electron chi connectivity index (χ1n) is 5.23. The van der Waals surface area contributed by atoms with E-state index in [-0.39, 0.29) is 0 Å². The van der Waals surface area contributed by atoms with E-state index in [2.05, 4.69) is 32.8 Å². The van der Waals surface area contributed by atoms with Crippen molar-refractivity contribution >= 4 is 15.9 Å². The lowest BCUT2D eigenvalue weighted by molar-refractivity contribution is 0.317. The molecule has 3 nitrogen and oxygen atoms in total. The smallest absolute Gasteiger partial charge is 0.138 e. The first-order valence-corrected chi connectivity index (χ1v) is 6.02. The van der Waals surface area contributed by atoms with Crippen LogP contribution in [0.25, 0.3) is 11.4 Å². The van der Waals surface area contributed by atoms with Crippen molar-refractivity contribution in [2.45, 2.75) is 13.3 Å². The van der Waals surface area contributed by atoms with Crippen LogP contribution >= 0.6 is 15.9 Å². The number of H-pyrrole nitrogens is 1. The molecule has 0 fully saturated rings. The fraction of sp³-hybridized carbons (Fsp3) is 0.250. The summed E-state index contributed by atoms with van der Waals surface area (Å²) in [5.41, 5.74) is 1.01. The summed E-state index contributed by atoms with van der Waals surface area (Å²) in [5.74, 6) is 1.71. The van der Waals surface area contributed by atoms with Gasteiger partial charge in [-0.3, -0.25) is 0 Å². The summed E-state index contributed by atoms with van der Waals surface area (Å²) in [5, 5.41) is 0. The number of ether oxygens (including phenoxy) is 1.